The van der Waals surface area contributed by atoms with Gasteiger partial charge in [-0.3, -0.25) is 10.1 Å². The molecule has 0 amide bonds. The van der Waals surface area contributed by atoms with Crippen LogP contribution in [0.1, 0.15) is 5.56 Å². The van der Waals surface area contributed by atoms with Gasteiger partial charge in [-0.25, -0.2) is 0 Å². The van der Waals surface area contributed by atoms with Crippen LogP contribution in [0.5, 0.6) is 5.75 Å². The molecule has 0 aliphatic heterocycles. The summed E-state index contributed by atoms with van der Waals surface area (Å²) in [5, 5.41) is 10.6. The molecule has 0 spiro atoms. The van der Waals surface area contributed by atoms with Gasteiger partial charge in [-0.15, -0.1) is 0 Å². The standard InChI is InChI=1S/C11H13NO4/c1-15-8-10(12(13)14)7-9-3-5-11(16-2)6-4-9/h3-7H,8H2,1-2H3. The summed E-state index contributed by atoms with van der Waals surface area (Å²) in [7, 11) is 2.99. The van der Waals surface area contributed by atoms with E-state index in [4.69, 9.17) is 9.47 Å². The molecule has 0 N–H and O–H groups in total. The van der Waals surface area contributed by atoms with Crippen molar-refractivity contribution in [2.45, 2.75) is 0 Å². The Kier molecular flexibility index (Phi) is 4.47. The lowest BCUT2D eigenvalue weighted by molar-refractivity contribution is -0.428. The maximum atomic E-state index is 10.6. The normalized spacial score (nSPS) is 11.2. The van der Waals surface area contributed by atoms with Crippen LogP contribution in [-0.4, -0.2) is 25.7 Å². The number of nitrogens with zero attached hydrogens (tertiary/aromatic N) is 1. The molecule has 0 saturated heterocycles. The first-order valence-corrected chi connectivity index (χ1v) is 4.65. The van der Waals surface area contributed by atoms with Crippen molar-refractivity contribution in [1.82, 2.24) is 0 Å². The number of ether oxygens (including phenoxy) is 2. The summed E-state index contributed by atoms with van der Waals surface area (Å²) in [6, 6.07) is 6.99. The van der Waals surface area contributed by atoms with Crippen LogP contribution in [0.25, 0.3) is 6.08 Å². The van der Waals surface area contributed by atoms with Gasteiger partial charge < -0.3 is 9.47 Å². The maximum Gasteiger partial charge on any atom is 0.272 e. The summed E-state index contributed by atoms with van der Waals surface area (Å²) in [6.07, 6.45) is 1.48. The number of rotatable bonds is 5. The zero-order chi connectivity index (χ0) is 12.0. The van der Waals surface area contributed by atoms with E-state index in [-0.39, 0.29) is 12.3 Å². The number of methoxy groups -OCH3 is 2. The van der Waals surface area contributed by atoms with E-state index in [9.17, 15) is 10.1 Å². The zero-order valence-corrected chi connectivity index (χ0v) is 9.17. The van der Waals surface area contributed by atoms with Crippen molar-refractivity contribution in [3.8, 4) is 5.75 Å². The van der Waals surface area contributed by atoms with Crippen molar-refractivity contribution in [3.05, 3.63) is 45.6 Å². The Hall–Kier alpha value is -1.88. The lowest BCUT2D eigenvalue weighted by Gasteiger charge is -2.00. The van der Waals surface area contributed by atoms with Gasteiger partial charge in [0.1, 0.15) is 12.4 Å². The molecule has 5 nitrogen and oxygen atoms in total. The van der Waals surface area contributed by atoms with Crippen molar-refractivity contribution in [3.63, 3.8) is 0 Å². The van der Waals surface area contributed by atoms with Crippen molar-refractivity contribution in [2.24, 2.45) is 0 Å². The zero-order valence-electron chi connectivity index (χ0n) is 9.17. The second-order valence-electron chi connectivity index (χ2n) is 3.10. The van der Waals surface area contributed by atoms with E-state index in [1.54, 1.807) is 31.4 Å². The van der Waals surface area contributed by atoms with Crippen LogP contribution in [0.4, 0.5) is 0 Å². The minimum absolute atomic E-state index is 0.0149. The average Bonchev–Trinajstić information content (AvgIpc) is 2.29. The second-order valence-corrected chi connectivity index (χ2v) is 3.10. The molecule has 1 aromatic rings. The first-order chi connectivity index (χ1) is 7.67. The van der Waals surface area contributed by atoms with Gasteiger partial charge in [0.15, 0.2) is 0 Å². The van der Waals surface area contributed by atoms with Crippen molar-refractivity contribution in [1.29, 1.82) is 0 Å². The van der Waals surface area contributed by atoms with Gasteiger partial charge in [0.25, 0.3) is 5.70 Å². The van der Waals surface area contributed by atoms with Crippen LogP contribution in [0.15, 0.2) is 30.0 Å². The number of nitro groups is 1. The van der Waals surface area contributed by atoms with E-state index in [2.05, 4.69) is 0 Å². The summed E-state index contributed by atoms with van der Waals surface area (Å²) in [6.45, 7) is -0.0149. The fourth-order valence-corrected chi connectivity index (χ4v) is 1.19. The topological polar surface area (TPSA) is 61.6 Å². The molecule has 1 rings (SSSR count). The van der Waals surface area contributed by atoms with Crippen LogP contribution < -0.4 is 4.74 Å². The molecule has 0 saturated carbocycles. The van der Waals surface area contributed by atoms with E-state index in [1.807, 2.05) is 0 Å². The first kappa shape index (κ1) is 12.2. The number of hydrogen-bond donors (Lipinski definition) is 0. The summed E-state index contributed by atoms with van der Waals surface area (Å²) in [4.78, 5) is 10.2. The van der Waals surface area contributed by atoms with Crippen LogP contribution in [0.2, 0.25) is 0 Å². The van der Waals surface area contributed by atoms with Crippen molar-refractivity contribution >= 4 is 6.08 Å². The largest absolute Gasteiger partial charge is 0.497 e. The molecule has 0 aromatic heterocycles. The van der Waals surface area contributed by atoms with E-state index < -0.39 is 4.92 Å². The summed E-state index contributed by atoms with van der Waals surface area (Å²) in [5.41, 5.74) is 0.761. The Balaban J connectivity index is 2.89. The molecule has 0 heterocycles. The molecule has 1 aromatic carbocycles. The van der Waals surface area contributed by atoms with Crippen LogP contribution in [0.3, 0.4) is 0 Å². The van der Waals surface area contributed by atoms with Gasteiger partial charge >= 0.3 is 0 Å². The maximum absolute atomic E-state index is 10.6. The highest BCUT2D eigenvalue weighted by molar-refractivity contribution is 5.52. The third-order valence-corrected chi connectivity index (χ3v) is 1.98. The highest BCUT2D eigenvalue weighted by Gasteiger charge is 2.09. The van der Waals surface area contributed by atoms with E-state index in [1.165, 1.54) is 13.2 Å². The second kappa shape index (κ2) is 5.87. The predicted octanol–water partition coefficient (Wildman–Crippen LogP) is 1.96. The fraction of sp³-hybridized carbons (Fsp3) is 0.273. The molecule has 0 bridgehead atoms. The van der Waals surface area contributed by atoms with Crippen LogP contribution in [0, 0.1) is 10.1 Å². The quantitative estimate of drug-likeness (QED) is 0.565. The summed E-state index contributed by atoms with van der Waals surface area (Å²) < 4.78 is 9.74. The molecular formula is C11H13NO4. The predicted molar refractivity (Wildman–Crippen MR) is 59.8 cm³/mol. The Morgan fingerprint density at radius 3 is 2.44 bits per heavy atom. The molecule has 0 fully saturated rings. The van der Waals surface area contributed by atoms with Gasteiger partial charge in [-0.2, -0.15) is 0 Å². The minimum atomic E-state index is -0.451. The molecule has 0 atom stereocenters. The molecule has 0 aliphatic carbocycles. The Bertz CT molecular complexity index is 383. The Morgan fingerprint density at radius 1 is 1.38 bits per heavy atom. The first-order valence-electron chi connectivity index (χ1n) is 4.65. The number of hydrogen-bond acceptors (Lipinski definition) is 4. The number of benzene rings is 1. The van der Waals surface area contributed by atoms with Gasteiger partial charge in [0.2, 0.25) is 0 Å². The lowest BCUT2D eigenvalue weighted by Crippen LogP contribution is -2.04. The highest BCUT2D eigenvalue weighted by Crippen LogP contribution is 2.14. The van der Waals surface area contributed by atoms with E-state index in [0.29, 0.717) is 5.75 Å². The monoisotopic (exact) mass is 223 g/mol. The highest BCUT2D eigenvalue weighted by atomic mass is 16.6. The minimum Gasteiger partial charge on any atom is -0.497 e. The van der Waals surface area contributed by atoms with Gasteiger partial charge in [0.05, 0.1) is 12.0 Å². The smallest absolute Gasteiger partial charge is 0.272 e. The van der Waals surface area contributed by atoms with Crippen molar-refractivity contribution < 1.29 is 14.4 Å². The summed E-state index contributed by atoms with van der Waals surface area (Å²) in [5.74, 6) is 0.714. The molecule has 0 aliphatic rings. The lowest BCUT2D eigenvalue weighted by atomic mass is 10.2. The van der Waals surface area contributed by atoms with Gasteiger partial charge in [-0.05, 0) is 17.7 Å². The van der Waals surface area contributed by atoms with Crippen LogP contribution in [-0.2, 0) is 4.74 Å². The molecule has 0 unspecified atom stereocenters. The molecule has 0 radical (unpaired) electrons. The Labute approximate surface area is 93.4 Å². The Morgan fingerprint density at radius 2 is 2.00 bits per heavy atom. The average molecular weight is 223 g/mol. The molecule has 5 heteroatoms. The van der Waals surface area contributed by atoms with E-state index in [0.717, 1.165) is 5.56 Å². The molecule has 86 valence electrons. The SMILES string of the molecule is COCC(=Cc1ccc(OC)cc1)[N+](=O)[O-]. The molecular weight excluding hydrogens is 210 g/mol. The molecule has 16 heavy (non-hydrogen) atoms. The third-order valence-electron chi connectivity index (χ3n) is 1.98. The fourth-order valence-electron chi connectivity index (χ4n) is 1.19. The van der Waals surface area contributed by atoms with Crippen molar-refractivity contribution in [2.75, 3.05) is 20.8 Å². The van der Waals surface area contributed by atoms with Gasteiger partial charge in [-0.1, -0.05) is 12.1 Å². The van der Waals surface area contributed by atoms with Gasteiger partial charge in [0, 0.05) is 13.2 Å². The summed E-state index contributed by atoms with van der Waals surface area (Å²) >= 11 is 0. The van der Waals surface area contributed by atoms with Crippen LogP contribution >= 0.6 is 0 Å². The third kappa shape index (κ3) is 3.36. The van der Waals surface area contributed by atoms with E-state index >= 15 is 0 Å².